The van der Waals surface area contributed by atoms with Crippen molar-refractivity contribution in [2.45, 2.75) is 0 Å². The highest BCUT2D eigenvalue weighted by atomic mass is 15.0. The normalized spacial score (nSPS) is 11.0. The summed E-state index contributed by atoms with van der Waals surface area (Å²) in [7, 11) is 0. The first-order chi connectivity index (χ1) is 35.4. The Morgan fingerprint density at radius 3 is 1.22 bits per heavy atom. The summed E-state index contributed by atoms with van der Waals surface area (Å²) in [5.74, 6) is 0. The van der Waals surface area contributed by atoms with Crippen LogP contribution in [0.2, 0.25) is 0 Å². The molecule has 0 amide bonds. The third-order valence-corrected chi connectivity index (χ3v) is 13.5. The molecule has 0 unspecified atom stereocenters. The zero-order valence-corrected chi connectivity index (χ0v) is 38.2. The quantitative estimate of drug-likeness (QED) is 0.147. The molecule has 12 rings (SSSR count). The highest BCUT2D eigenvalue weighted by Gasteiger charge is 2.21. The minimum atomic E-state index is 0.487. The number of nitrogens with zero attached hydrogens (tertiary/aromatic N) is 8. The Morgan fingerprint density at radius 2 is 0.778 bits per heavy atom. The van der Waals surface area contributed by atoms with Gasteiger partial charge in [0.05, 0.1) is 86.6 Å². The van der Waals surface area contributed by atoms with Gasteiger partial charge in [-0.1, -0.05) is 78.9 Å². The first-order valence-corrected chi connectivity index (χ1v) is 23.1. The summed E-state index contributed by atoms with van der Waals surface area (Å²) in [5, 5.41) is 43.6. The monoisotopic (exact) mass is 914 g/mol. The second-order valence-electron chi connectivity index (χ2n) is 17.6. The molecule has 0 fully saturated rings. The number of benzene rings is 9. The summed E-state index contributed by atoms with van der Waals surface area (Å²) >= 11 is 0. The lowest BCUT2D eigenvalue weighted by molar-refractivity contribution is 1.14. The van der Waals surface area contributed by atoms with E-state index in [-0.39, 0.29) is 0 Å². The lowest BCUT2D eigenvalue weighted by Crippen LogP contribution is -2.01. The van der Waals surface area contributed by atoms with E-state index < -0.39 is 0 Å². The van der Waals surface area contributed by atoms with Crippen LogP contribution in [0.25, 0.3) is 116 Å². The Hall–Kier alpha value is -10.8. The molecule has 8 nitrogen and oxygen atoms in total. The summed E-state index contributed by atoms with van der Waals surface area (Å²) in [6, 6.07) is 75.0. The van der Waals surface area contributed by atoms with E-state index in [0.29, 0.717) is 33.6 Å². The molecule has 0 spiro atoms. The molecule has 0 atom stereocenters. The van der Waals surface area contributed by atoms with Gasteiger partial charge in [0.15, 0.2) is 5.69 Å². The van der Waals surface area contributed by atoms with Crippen molar-refractivity contribution < 1.29 is 0 Å². The smallest absolute Gasteiger partial charge is 0.187 e. The van der Waals surface area contributed by atoms with E-state index in [1.54, 1.807) is 18.2 Å². The Balaban J connectivity index is 1.07. The van der Waals surface area contributed by atoms with Gasteiger partial charge in [-0.25, -0.2) is 4.85 Å². The molecule has 0 N–H and O–H groups in total. The number of hydrogen-bond acceptors (Lipinski definition) is 5. The molecule has 0 aliphatic heterocycles. The molecule has 330 valence electrons. The number of aromatic nitrogens is 3. The van der Waals surface area contributed by atoms with Crippen molar-refractivity contribution in [2.75, 3.05) is 0 Å². The molecule has 0 radical (unpaired) electrons. The number of fused-ring (bicyclic) bond motifs is 6. The van der Waals surface area contributed by atoms with Crippen molar-refractivity contribution in [1.29, 1.82) is 21.0 Å². The SMILES string of the molecule is [C-]#[N+]c1cccc(-c2ccc3c(c2)c2cc(-c4cccc(C#N)c4)ccc2n3-c2ccc(C#N)cc2-c2cc(-n3c4ccc(-c5cccc(C#N)c5)cc4c4cc(-c5cccc(C#N)c5)ccc43)ccn2)c1. The molecule has 0 saturated heterocycles. The summed E-state index contributed by atoms with van der Waals surface area (Å²) in [6.45, 7) is 7.68. The van der Waals surface area contributed by atoms with Crippen LogP contribution < -0.4 is 0 Å². The second-order valence-corrected chi connectivity index (χ2v) is 17.6. The maximum absolute atomic E-state index is 10.4. The molecule has 3 aromatic heterocycles. The van der Waals surface area contributed by atoms with Crippen LogP contribution in [0.1, 0.15) is 22.3 Å². The molecule has 0 bridgehead atoms. The molecule has 72 heavy (non-hydrogen) atoms. The predicted octanol–water partition coefficient (Wildman–Crippen LogP) is 15.6. The van der Waals surface area contributed by atoms with Gasteiger partial charge in [-0.3, -0.25) is 4.98 Å². The van der Waals surface area contributed by atoms with Crippen molar-refractivity contribution >= 4 is 49.3 Å². The predicted molar refractivity (Wildman–Crippen MR) is 285 cm³/mol. The van der Waals surface area contributed by atoms with Gasteiger partial charge in [-0.2, -0.15) is 21.0 Å². The zero-order valence-electron chi connectivity index (χ0n) is 38.2. The van der Waals surface area contributed by atoms with E-state index >= 15 is 0 Å². The molecule has 0 aliphatic carbocycles. The van der Waals surface area contributed by atoms with Crippen LogP contribution in [-0.4, -0.2) is 14.1 Å². The Labute approximate surface area is 414 Å². The molecule has 3 heterocycles. The summed E-state index contributed by atoms with van der Waals surface area (Å²) in [5.41, 5.74) is 17.3. The van der Waals surface area contributed by atoms with E-state index in [9.17, 15) is 21.0 Å². The highest BCUT2D eigenvalue weighted by Crippen LogP contribution is 2.42. The molecular weight excluding hydrogens is 881 g/mol. The number of pyridine rings is 1. The third kappa shape index (κ3) is 7.25. The van der Waals surface area contributed by atoms with Gasteiger partial charge in [-0.05, 0) is 166 Å². The van der Waals surface area contributed by atoms with Crippen molar-refractivity contribution in [3.8, 4) is 91.4 Å². The van der Waals surface area contributed by atoms with Crippen molar-refractivity contribution in [3.63, 3.8) is 0 Å². The lowest BCUT2D eigenvalue weighted by atomic mass is 9.99. The van der Waals surface area contributed by atoms with E-state index in [2.05, 4.69) is 117 Å². The van der Waals surface area contributed by atoms with Crippen LogP contribution >= 0.6 is 0 Å². The largest absolute Gasteiger partial charge is 0.309 e. The minimum Gasteiger partial charge on any atom is -0.309 e. The van der Waals surface area contributed by atoms with Crippen LogP contribution in [0.4, 0.5) is 5.69 Å². The third-order valence-electron chi connectivity index (χ3n) is 13.5. The van der Waals surface area contributed by atoms with Gasteiger partial charge in [0.25, 0.3) is 0 Å². The lowest BCUT2D eigenvalue weighted by Gasteiger charge is -2.16. The zero-order chi connectivity index (χ0) is 48.9. The Bertz CT molecular complexity index is 4250. The van der Waals surface area contributed by atoms with Gasteiger partial charge in [0.2, 0.25) is 0 Å². The molecule has 0 saturated carbocycles. The van der Waals surface area contributed by atoms with Crippen LogP contribution in [0.3, 0.4) is 0 Å². The molecule has 9 aromatic carbocycles. The summed E-state index contributed by atoms with van der Waals surface area (Å²) < 4.78 is 4.47. The van der Waals surface area contributed by atoms with Gasteiger partial charge >= 0.3 is 0 Å². The van der Waals surface area contributed by atoms with E-state index in [4.69, 9.17) is 11.6 Å². The highest BCUT2D eigenvalue weighted by molar-refractivity contribution is 6.13. The fraction of sp³-hybridized carbons (Fsp3) is 0. The van der Waals surface area contributed by atoms with Crippen molar-refractivity contribution in [1.82, 2.24) is 14.1 Å². The maximum atomic E-state index is 10.4. The summed E-state index contributed by atoms with van der Waals surface area (Å²) in [6.07, 6.45) is 1.81. The van der Waals surface area contributed by atoms with Crippen LogP contribution in [0.15, 0.2) is 206 Å². The second kappa shape index (κ2) is 17.4. The van der Waals surface area contributed by atoms with Gasteiger partial charge in [0, 0.05) is 39.0 Å². The maximum Gasteiger partial charge on any atom is 0.187 e. The van der Waals surface area contributed by atoms with Crippen molar-refractivity contribution in [2.24, 2.45) is 0 Å². The summed E-state index contributed by atoms with van der Waals surface area (Å²) in [4.78, 5) is 8.72. The molecular formula is C64H34N8. The number of nitriles is 4. The fourth-order valence-electron chi connectivity index (χ4n) is 10.1. The standard InChI is InChI=1S/C64H34N8/c1-69-52-13-5-12-47(30-52)51-18-23-63-57(34-51)56-33-50(46-11-4-8-42(28-46)38-67)17-22-62(56)72(63)64-19-14-43(39-68)29-58(64)59-35-53(24-25-70-59)71-60-20-15-48(44-9-2-6-40(26-44)36-65)31-54(60)55-32-49(16-21-61(55)71)45-10-3-7-41(27-45)37-66/h2-35H. The first kappa shape index (κ1) is 42.5. The topological polar surface area (TPSA) is 122 Å². The minimum absolute atomic E-state index is 0.487. The van der Waals surface area contributed by atoms with E-state index in [1.807, 2.05) is 109 Å². The number of rotatable bonds is 7. The molecule has 12 aromatic rings. The first-order valence-electron chi connectivity index (χ1n) is 23.1. The van der Waals surface area contributed by atoms with Gasteiger partial charge in [-0.15, -0.1) is 0 Å². The van der Waals surface area contributed by atoms with Crippen LogP contribution in [0, 0.1) is 51.9 Å². The van der Waals surface area contributed by atoms with Crippen LogP contribution in [0.5, 0.6) is 0 Å². The average molecular weight is 915 g/mol. The molecule has 0 aliphatic rings. The van der Waals surface area contributed by atoms with Crippen molar-refractivity contribution in [3.05, 3.63) is 240 Å². The van der Waals surface area contributed by atoms with E-state index in [1.165, 1.54) is 0 Å². The number of hydrogen-bond donors (Lipinski definition) is 0. The van der Waals surface area contributed by atoms with Gasteiger partial charge in [0.1, 0.15) is 0 Å². The average Bonchev–Trinajstić information content (AvgIpc) is 3.96. The Kier molecular flexibility index (Phi) is 10.3. The molecule has 8 heteroatoms. The van der Waals surface area contributed by atoms with Crippen LogP contribution in [-0.2, 0) is 0 Å². The van der Waals surface area contributed by atoms with E-state index in [0.717, 1.165) is 105 Å². The Morgan fingerprint density at radius 1 is 0.375 bits per heavy atom. The fourth-order valence-corrected chi connectivity index (χ4v) is 10.1. The van der Waals surface area contributed by atoms with Gasteiger partial charge < -0.3 is 9.13 Å².